The van der Waals surface area contributed by atoms with Gasteiger partial charge >= 0.3 is 0 Å². The molecule has 0 amide bonds. The lowest BCUT2D eigenvalue weighted by molar-refractivity contribution is 0.0909. The molecule has 0 bridgehead atoms. The number of carbonyl (C=O) groups is 1. The fraction of sp³-hybridized carbons (Fsp3) is 0.267. The van der Waals surface area contributed by atoms with Gasteiger partial charge in [-0.05, 0) is 36.5 Å². The molecule has 1 atom stereocenters. The van der Waals surface area contributed by atoms with Gasteiger partial charge in [0, 0.05) is 23.9 Å². The SMILES string of the molecule is O=C(c1cc[nH]c1)C1CCc2ccccc2C1. The van der Waals surface area contributed by atoms with Gasteiger partial charge in [0.2, 0.25) is 0 Å². The van der Waals surface area contributed by atoms with Crippen molar-refractivity contribution in [3.8, 4) is 0 Å². The van der Waals surface area contributed by atoms with Crippen molar-refractivity contribution >= 4 is 5.78 Å². The Hall–Kier alpha value is -1.83. The largest absolute Gasteiger partial charge is 0.367 e. The van der Waals surface area contributed by atoms with Gasteiger partial charge in [0.1, 0.15) is 0 Å². The Morgan fingerprint density at radius 3 is 2.76 bits per heavy atom. The number of hydrogen-bond acceptors (Lipinski definition) is 1. The molecule has 0 fully saturated rings. The molecule has 2 aromatic rings. The van der Waals surface area contributed by atoms with Crippen molar-refractivity contribution in [3.05, 3.63) is 59.4 Å². The number of aryl methyl sites for hydroxylation is 1. The van der Waals surface area contributed by atoms with E-state index < -0.39 is 0 Å². The van der Waals surface area contributed by atoms with E-state index in [1.807, 2.05) is 12.3 Å². The topological polar surface area (TPSA) is 32.9 Å². The predicted molar refractivity (Wildman–Crippen MR) is 67.1 cm³/mol. The van der Waals surface area contributed by atoms with Crippen LogP contribution in [0.15, 0.2) is 42.7 Å². The van der Waals surface area contributed by atoms with E-state index in [1.165, 1.54) is 11.1 Å². The molecule has 1 N–H and O–H groups in total. The van der Waals surface area contributed by atoms with E-state index in [0.29, 0.717) is 0 Å². The van der Waals surface area contributed by atoms with Crippen LogP contribution in [0.2, 0.25) is 0 Å². The summed E-state index contributed by atoms with van der Waals surface area (Å²) < 4.78 is 0. The van der Waals surface area contributed by atoms with E-state index in [1.54, 1.807) is 6.20 Å². The van der Waals surface area contributed by atoms with Gasteiger partial charge in [0.05, 0.1) is 0 Å². The van der Waals surface area contributed by atoms with E-state index in [9.17, 15) is 4.79 Å². The van der Waals surface area contributed by atoms with Crippen molar-refractivity contribution in [2.45, 2.75) is 19.3 Å². The average Bonchev–Trinajstić information content (AvgIpc) is 2.91. The van der Waals surface area contributed by atoms with Gasteiger partial charge in [-0.2, -0.15) is 0 Å². The molecular formula is C15H15NO. The molecule has 1 aromatic carbocycles. The molecule has 86 valence electrons. The van der Waals surface area contributed by atoms with Crippen molar-refractivity contribution < 1.29 is 4.79 Å². The fourth-order valence-corrected chi connectivity index (χ4v) is 2.63. The lowest BCUT2D eigenvalue weighted by Gasteiger charge is -2.23. The minimum Gasteiger partial charge on any atom is -0.367 e. The summed E-state index contributed by atoms with van der Waals surface area (Å²) in [5.74, 6) is 0.432. The van der Waals surface area contributed by atoms with Gasteiger partial charge < -0.3 is 4.98 Å². The second-order valence-electron chi connectivity index (χ2n) is 4.67. The Morgan fingerprint density at radius 1 is 1.18 bits per heavy atom. The molecule has 1 heterocycles. The Morgan fingerprint density at radius 2 is 2.00 bits per heavy atom. The monoisotopic (exact) mass is 225 g/mol. The number of carbonyl (C=O) groups excluding carboxylic acids is 1. The Balaban J connectivity index is 1.83. The van der Waals surface area contributed by atoms with Crippen LogP contribution in [0, 0.1) is 5.92 Å². The molecule has 2 nitrogen and oxygen atoms in total. The number of hydrogen-bond donors (Lipinski definition) is 1. The van der Waals surface area contributed by atoms with E-state index in [2.05, 4.69) is 29.2 Å². The Labute approximate surface area is 101 Å². The first-order valence-electron chi connectivity index (χ1n) is 6.08. The van der Waals surface area contributed by atoms with Crippen molar-refractivity contribution in [2.24, 2.45) is 5.92 Å². The van der Waals surface area contributed by atoms with E-state index in [0.717, 1.165) is 24.8 Å². The number of H-pyrrole nitrogens is 1. The first kappa shape index (κ1) is 10.3. The number of rotatable bonds is 2. The smallest absolute Gasteiger partial charge is 0.167 e. The molecule has 1 aliphatic carbocycles. The molecule has 1 aromatic heterocycles. The summed E-state index contributed by atoms with van der Waals surface area (Å²) in [6.45, 7) is 0. The molecule has 0 spiro atoms. The minimum absolute atomic E-state index is 0.153. The van der Waals surface area contributed by atoms with Gasteiger partial charge in [-0.25, -0.2) is 0 Å². The highest BCUT2D eigenvalue weighted by molar-refractivity contribution is 5.98. The van der Waals surface area contributed by atoms with Gasteiger partial charge in [-0.1, -0.05) is 24.3 Å². The second-order valence-corrected chi connectivity index (χ2v) is 4.67. The van der Waals surface area contributed by atoms with Crippen molar-refractivity contribution in [2.75, 3.05) is 0 Å². The van der Waals surface area contributed by atoms with Gasteiger partial charge in [-0.15, -0.1) is 0 Å². The van der Waals surface area contributed by atoms with Crippen LogP contribution in [0.25, 0.3) is 0 Å². The van der Waals surface area contributed by atoms with Crippen LogP contribution in [0.4, 0.5) is 0 Å². The molecule has 17 heavy (non-hydrogen) atoms. The maximum absolute atomic E-state index is 12.3. The highest BCUT2D eigenvalue weighted by Gasteiger charge is 2.25. The lowest BCUT2D eigenvalue weighted by Crippen LogP contribution is -2.22. The average molecular weight is 225 g/mol. The summed E-state index contributed by atoms with van der Waals surface area (Å²) in [7, 11) is 0. The number of fused-ring (bicyclic) bond motifs is 1. The Bertz CT molecular complexity index is 528. The summed E-state index contributed by atoms with van der Waals surface area (Å²) >= 11 is 0. The molecular weight excluding hydrogens is 210 g/mol. The zero-order valence-corrected chi connectivity index (χ0v) is 9.65. The highest BCUT2D eigenvalue weighted by Crippen LogP contribution is 2.27. The second kappa shape index (κ2) is 4.21. The highest BCUT2D eigenvalue weighted by atomic mass is 16.1. The molecule has 1 unspecified atom stereocenters. The minimum atomic E-state index is 0.153. The number of benzene rings is 1. The third-order valence-electron chi connectivity index (χ3n) is 3.60. The van der Waals surface area contributed by atoms with Crippen LogP contribution >= 0.6 is 0 Å². The summed E-state index contributed by atoms with van der Waals surface area (Å²) in [5.41, 5.74) is 3.56. The van der Waals surface area contributed by atoms with Crippen molar-refractivity contribution in [3.63, 3.8) is 0 Å². The van der Waals surface area contributed by atoms with Crippen LogP contribution in [0.5, 0.6) is 0 Å². The number of Topliss-reactive ketones (excluding diaryl/α,β-unsaturated/α-hetero) is 1. The summed E-state index contributed by atoms with van der Waals surface area (Å²) in [4.78, 5) is 15.2. The summed E-state index contributed by atoms with van der Waals surface area (Å²) in [6.07, 6.45) is 6.49. The fourth-order valence-electron chi connectivity index (χ4n) is 2.63. The van der Waals surface area contributed by atoms with Crippen molar-refractivity contribution in [1.82, 2.24) is 4.98 Å². The number of aromatic amines is 1. The van der Waals surface area contributed by atoms with Gasteiger partial charge in [0.15, 0.2) is 5.78 Å². The quantitative estimate of drug-likeness (QED) is 0.783. The molecule has 2 heteroatoms. The maximum atomic E-state index is 12.3. The first-order valence-corrected chi connectivity index (χ1v) is 6.08. The Kier molecular flexibility index (Phi) is 2.56. The van der Waals surface area contributed by atoms with Crippen LogP contribution in [0.1, 0.15) is 27.9 Å². The van der Waals surface area contributed by atoms with Gasteiger partial charge in [0.25, 0.3) is 0 Å². The lowest BCUT2D eigenvalue weighted by atomic mass is 9.80. The van der Waals surface area contributed by atoms with Gasteiger partial charge in [-0.3, -0.25) is 4.79 Å². The van der Waals surface area contributed by atoms with Crippen LogP contribution < -0.4 is 0 Å². The number of ketones is 1. The zero-order chi connectivity index (χ0) is 11.7. The van der Waals surface area contributed by atoms with E-state index >= 15 is 0 Å². The third-order valence-corrected chi connectivity index (χ3v) is 3.60. The van der Waals surface area contributed by atoms with Crippen molar-refractivity contribution in [1.29, 1.82) is 0 Å². The van der Waals surface area contributed by atoms with Crippen LogP contribution in [-0.4, -0.2) is 10.8 Å². The predicted octanol–water partition coefficient (Wildman–Crippen LogP) is 3.00. The normalized spacial score (nSPS) is 18.7. The number of nitrogens with one attached hydrogen (secondary N) is 1. The third kappa shape index (κ3) is 1.91. The molecule has 0 aliphatic heterocycles. The standard InChI is InChI=1S/C15H15NO/c17-15(14-7-8-16-10-14)13-6-5-11-3-1-2-4-12(11)9-13/h1-4,7-8,10,13,16H,5-6,9H2. The molecule has 1 aliphatic rings. The van der Waals surface area contributed by atoms with Crippen LogP contribution in [-0.2, 0) is 12.8 Å². The van der Waals surface area contributed by atoms with E-state index in [-0.39, 0.29) is 11.7 Å². The van der Waals surface area contributed by atoms with Crippen LogP contribution in [0.3, 0.4) is 0 Å². The zero-order valence-electron chi connectivity index (χ0n) is 9.65. The van der Waals surface area contributed by atoms with E-state index in [4.69, 9.17) is 0 Å². The summed E-state index contributed by atoms with van der Waals surface area (Å²) in [6, 6.07) is 10.3. The molecule has 0 radical (unpaired) electrons. The first-order chi connectivity index (χ1) is 8.34. The maximum Gasteiger partial charge on any atom is 0.167 e. The molecule has 0 saturated heterocycles. The number of aromatic nitrogens is 1. The molecule has 3 rings (SSSR count). The summed E-state index contributed by atoms with van der Waals surface area (Å²) in [5, 5.41) is 0. The molecule has 0 saturated carbocycles.